The lowest BCUT2D eigenvalue weighted by molar-refractivity contribution is -0.0829. The first-order valence-electron chi connectivity index (χ1n) is 18.2. The van der Waals surface area contributed by atoms with Crippen LogP contribution in [0.1, 0.15) is 71.4 Å². The highest BCUT2D eigenvalue weighted by atomic mass is 19.1. The van der Waals surface area contributed by atoms with Crippen LogP contribution in [0.25, 0.3) is 5.95 Å². The normalized spacial score (nSPS) is 16.2. The molecule has 4 atom stereocenters. The summed E-state index contributed by atoms with van der Waals surface area (Å²) in [5.41, 5.74) is 1.54. The third-order valence-corrected chi connectivity index (χ3v) is 9.01. The van der Waals surface area contributed by atoms with Gasteiger partial charge in [-0.05, 0) is 55.5 Å². The Balaban J connectivity index is 1.33. The molecule has 5 aromatic rings. The first-order chi connectivity index (χ1) is 27.6. The molecule has 2 heterocycles. The number of nitrogens with one attached hydrogen (secondary N) is 2. The van der Waals surface area contributed by atoms with Gasteiger partial charge in [0.1, 0.15) is 30.5 Å². The summed E-state index contributed by atoms with van der Waals surface area (Å²) < 4.78 is 59.4. The van der Waals surface area contributed by atoms with Crippen LogP contribution in [0.2, 0.25) is 0 Å². The van der Waals surface area contributed by atoms with Crippen LogP contribution in [0, 0.1) is 11.2 Å². The minimum absolute atomic E-state index is 0.0285. The van der Waals surface area contributed by atoms with E-state index in [1.165, 1.54) is 38.6 Å². The number of methoxy groups -OCH3 is 1. The van der Waals surface area contributed by atoms with Crippen molar-refractivity contribution in [1.29, 1.82) is 5.41 Å². The van der Waals surface area contributed by atoms with Gasteiger partial charge in [-0.15, -0.1) is 9.78 Å². The number of aliphatic hydroxyl groups excluding tert-OH is 1. The molecule has 0 aliphatic heterocycles. The van der Waals surface area contributed by atoms with Crippen LogP contribution >= 0.6 is 0 Å². The van der Waals surface area contributed by atoms with Crippen molar-refractivity contribution in [2.45, 2.75) is 63.5 Å². The zero-order valence-electron chi connectivity index (χ0n) is 31.1. The number of ether oxygens (including phenoxy) is 5. The molecular weight excluding hydrogens is 744 g/mol. The summed E-state index contributed by atoms with van der Waals surface area (Å²) in [6, 6.07) is 19.4. The number of alkyl halides is 1. The van der Waals surface area contributed by atoms with Gasteiger partial charge in [0.2, 0.25) is 6.29 Å². The summed E-state index contributed by atoms with van der Waals surface area (Å²) in [5.74, 6) is -2.17. The van der Waals surface area contributed by atoms with Crippen molar-refractivity contribution in [2.75, 3.05) is 20.3 Å². The van der Waals surface area contributed by atoms with Crippen molar-refractivity contribution in [3.05, 3.63) is 119 Å². The maximum Gasteiger partial charge on any atom is 0.511 e. The Bertz CT molecular complexity index is 2140. The van der Waals surface area contributed by atoms with Crippen molar-refractivity contribution in [3.63, 3.8) is 0 Å². The summed E-state index contributed by atoms with van der Waals surface area (Å²) in [6.07, 6.45) is 0.447. The molecule has 17 heteroatoms. The summed E-state index contributed by atoms with van der Waals surface area (Å²) in [7, 11) is 1.41. The molecule has 0 bridgehead atoms. The topological polar surface area (TPSA) is 193 Å². The molecule has 6 rings (SSSR count). The van der Waals surface area contributed by atoms with E-state index in [4.69, 9.17) is 29.1 Å². The highest BCUT2D eigenvalue weighted by molar-refractivity contribution is 6.11. The van der Waals surface area contributed by atoms with Gasteiger partial charge in [-0.25, -0.2) is 23.5 Å². The largest absolute Gasteiger partial charge is 0.511 e. The lowest BCUT2D eigenvalue weighted by atomic mass is 9.90. The van der Waals surface area contributed by atoms with Gasteiger partial charge in [0.05, 0.1) is 19.6 Å². The molecule has 15 nitrogen and oxygen atoms in total. The zero-order valence-corrected chi connectivity index (χ0v) is 31.1. The van der Waals surface area contributed by atoms with E-state index in [2.05, 4.69) is 25.4 Å². The Kier molecular flexibility index (Phi) is 13.3. The second kappa shape index (κ2) is 18.9. The average Bonchev–Trinajstić information content (AvgIpc) is 3.64. The van der Waals surface area contributed by atoms with E-state index < -0.39 is 42.4 Å². The monoisotopic (exact) mass is 785 g/mol. The van der Waals surface area contributed by atoms with E-state index in [1.54, 1.807) is 60.7 Å². The maximum atomic E-state index is 16.4. The molecule has 1 fully saturated rings. The SMILES string of the molecule is COc1cc(OCCO)c(F)c([C@@H](Cc2ccc(C(=N)NC(=O)c3ccccc3)cc2)c2nc(OC(C)OC(=O)O[C@H]3CCCC[C@@H]3F)n(-c3ncccn3)n2)c1. The van der Waals surface area contributed by atoms with Crippen LogP contribution in [-0.2, 0) is 15.9 Å². The third kappa shape index (κ3) is 10.2. The molecule has 298 valence electrons. The van der Waals surface area contributed by atoms with Crippen LogP contribution in [0.15, 0.2) is 85.2 Å². The van der Waals surface area contributed by atoms with Gasteiger partial charge >= 0.3 is 12.2 Å². The highest BCUT2D eigenvalue weighted by Gasteiger charge is 2.32. The number of aliphatic hydroxyl groups is 1. The van der Waals surface area contributed by atoms with Gasteiger partial charge in [-0.1, -0.05) is 48.9 Å². The predicted molar refractivity (Wildman–Crippen MR) is 200 cm³/mol. The summed E-state index contributed by atoms with van der Waals surface area (Å²) in [5, 5.41) is 25.1. The van der Waals surface area contributed by atoms with Crippen LogP contribution in [0.3, 0.4) is 0 Å². The number of hydrogen-bond acceptors (Lipinski definition) is 13. The van der Waals surface area contributed by atoms with Gasteiger partial charge in [0, 0.05) is 42.1 Å². The van der Waals surface area contributed by atoms with Gasteiger partial charge in [0.25, 0.3) is 11.9 Å². The Hall–Kier alpha value is -6.49. The number of nitrogens with zero attached hydrogens (tertiary/aromatic N) is 5. The molecule has 1 unspecified atom stereocenters. The second-order valence-electron chi connectivity index (χ2n) is 13.0. The fourth-order valence-electron chi connectivity index (χ4n) is 6.17. The first kappa shape index (κ1) is 40.2. The number of amidine groups is 1. The van der Waals surface area contributed by atoms with E-state index in [0.717, 1.165) is 11.1 Å². The molecular formula is C40H41F2N7O8. The van der Waals surface area contributed by atoms with Crippen molar-refractivity contribution < 1.29 is 47.2 Å². The van der Waals surface area contributed by atoms with Gasteiger partial charge in [-0.2, -0.15) is 4.98 Å². The Morgan fingerprint density at radius 3 is 2.46 bits per heavy atom. The number of halogens is 2. The van der Waals surface area contributed by atoms with E-state index in [1.807, 2.05) is 0 Å². The molecule has 3 aromatic carbocycles. The number of carbonyl (C=O) groups excluding carboxylic acids is 2. The minimum Gasteiger partial charge on any atom is -0.497 e. The van der Waals surface area contributed by atoms with Crippen molar-refractivity contribution in [1.82, 2.24) is 30.0 Å². The van der Waals surface area contributed by atoms with E-state index in [9.17, 15) is 19.1 Å². The number of carbonyl (C=O) groups is 2. The van der Waals surface area contributed by atoms with Gasteiger partial charge < -0.3 is 34.1 Å². The number of aromatic nitrogens is 5. The molecule has 0 radical (unpaired) electrons. The quantitative estimate of drug-likeness (QED) is 0.0496. The van der Waals surface area contributed by atoms with Crippen molar-refractivity contribution in [3.8, 4) is 23.5 Å². The molecule has 1 aliphatic rings. The summed E-state index contributed by atoms with van der Waals surface area (Å²) >= 11 is 0. The van der Waals surface area contributed by atoms with Crippen LogP contribution in [-0.4, -0.2) is 86.6 Å². The van der Waals surface area contributed by atoms with E-state index in [0.29, 0.717) is 29.5 Å². The van der Waals surface area contributed by atoms with Crippen molar-refractivity contribution >= 4 is 17.9 Å². The summed E-state index contributed by atoms with van der Waals surface area (Å²) in [6.45, 7) is 0.853. The molecule has 0 spiro atoms. The highest BCUT2D eigenvalue weighted by Crippen LogP contribution is 2.37. The Labute approximate surface area is 326 Å². The molecule has 2 aromatic heterocycles. The lowest BCUT2D eigenvalue weighted by Crippen LogP contribution is -2.33. The minimum atomic E-state index is -1.31. The molecule has 1 aliphatic carbocycles. The van der Waals surface area contributed by atoms with E-state index in [-0.39, 0.29) is 66.7 Å². The number of rotatable bonds is 15. The number of amides is 1. The van der Waals surface area contributed by atoms with E-state index >= 15 is 4.39 Å². The van der Waals surface area contributed by atoms with Crippen LogP contribution < -0.4 is 19.5 Å². The predicted octanol–water partition coefficient (Wildman–Crippen LogP) is 5.86. The van der Waals surface area contributed by atoms with Gasteiger partial charge in [-0.3, -0.25) is 10.2 Å². The standard InChI is InChI=1S/C40H41F2N7O8/c1-24(56-40(52)57-32-12-7-6-11-31(32)41)55-39-47-36(48-49(39)38-44-17-8-18-45-38)30(29-22-28(53-2)23-33(34(29)42)54-20-19-50)21-25-13-15-26(16-14-25)35(43)46-37(51)27-9-4-3-5-10-27/h3-5,8-10,13-18,22-24,30-32,50H,6-7,11-12,19-21H2,1-2H3,(H2,43,46,51)/t24?,30-,31+,32+/m1/s1. The smallest absolute Gasteiger partial charge is 0.497 e. The average molecular weight is 786 g/mol. The lowest BCUT2D eigenvalue weighted by Gasteiger charge is -2.25. The molecule has 1 saturated carbocycles. The fraction of sp³-hybridized carbons (Fsp3) is 0.325. The van der Waals surface area contributed by atoms with Crippen LogP contribution in [0.5, 0.6) is 17.5 Å². The van der Waals surface area contributed by atoms with Gasteiger partial charge in [0.15, 0.2) is 17.4 Å². The van der Waals surface area contributed by atoms with Crippen molar-refractivity contribution in [2.24, 2.45) is 0 Å². The molecule has 1 amide bonds. The number of hydrogen-bond donors (Lipinski definition) is 3. The third-order valence-electron chi connectivity index (χ3n) is 9.01. The first-order valence-corrected chi connectivity index (χ1v) is 18.2. The summed E-state index contributed by atoms with van der Waals surface area (Å²) in [4.78, 5) is 38.4. The molecule has 3 N–H and O–H groups in total. The Morgan fingerprint density at radius 2 is 1.75 bits per heavy atom. The maximum absolute atomic E-state index is 16.4. The molecule has 0 saturated heterocycles. The van der Waals surface area contributed by atoms with Crippen LogP contribution in [0.4, 0.5) is 13.6 Å². The zero-order chi connectivity index (χ0) is 40.3. The number of benzene rings is 3. The Morgan fingerprint density at radius 1 is 1.02 bits per heavy atom. The molecule has 57 heavy (non-hydrogen) atoms. The fourth-order valence-corrected chi connectivity index (χ4v) is 6.17. The second-order valence-corrected chi connectivity index (χ2v) is 13.0.